The van der Waals surface area contributed by atoms with Crippen LogP contribution in [0.15, 0.2) is 78.9 Å². The third-order valence-corrected chi connectivity index (χ3v) is 7.96. The van der Waals surface area contributed by atoms with Crippen LogP contribution in [0.3, 0.4) is 0 Å². The summed E-state index contributed by atoms with van der Waals surface area (Å²) >= 11 is 0. The average Bonchev–Trinajstić information content (AvgIpc) is 3.43. The predicted octanol–water partition coefficient (Wildman–Crippen LogP) is 7.82. The molecule has 0 bridgehead atoms. The fourth-order valence-electron chi connectivity index (χ4n) is 5.36. The molecular weight excluding hydrogens is 576 g/mol. The molecule has 0 radical (unpaired) electrons. The van der Waals surface area contributed by atoms with Crippen molar-refractivity contribution in [3.05, 3.63) is 101 Å². The molecule has 1 fully saturated rings. The number of piperidine rings is 1. The number of nitrogens with zero attached hydrogens (tertiary/aromatic N) is 3. The van der Waals surface area contributed by atoms with E-state index in [1.54, 1.807) is 9.58 Å². The lowest BCUT2D eigenvalue weighted by Crippen LogP contribution is -2.38. The van der Waals surface area contributed by atoms with Crippen molar-refractivity contribution in [3.8, 4) is 11.4 Å². The minimum Gasteiger partial charge on any atom is -0.435 e. The summed E-state index contributed by atoms with van der Waals surface area (Å²) in [6.07, 6.45) is 2.61. The zero-order chi connectivity index (χ0) is 32.1. The first-order chi connectivity index (χ1) is 21.4. The molecule has 4 aromatic rings. The van der Waals surface area contributed by atoms with Gasteiger partial charge in [-0.2, -0.15) is 13.9 Å². The Morgan fingerprint density at radius 1 is 0.933 bits per heavy atom. The second-order valence-corrected chi connectivity index (χ2v) is 12.5. The first-order valence-electron chi connectivity index (χ1n) is 15.1. The number of urea groups is 1. The van der Waals surface area contributed by atoms with Crippen molar-refractivity contribution < 1.29 is 23.1 Å². The normalized spacial score (nSPS) is 14.0. The SMILES string of the molecule is Cc1ccc(-n2nc(C(C)(C)C)cc2NC(=O)Nc2ccc(CC3CCN(C(=O)c4ccc(OC(F)F)cc4)CC3)cc2)cc1. The van der Waals surface area contributed by atoms with Crippen molar-refractivity contribution in [1.29, 1.82) is 0 Å². The van der Waals surface area contributed by atoms with Gasteiger partial charge < -0.3 is 15.0 Å². The van der Waals surface area contributed by atoms with Gasteiger partial charge in [0.25, 0.3) is 5.91 Å². The predicted molar refractivity (Wildman–Crippen MR) is 171 cm³/mol. The topological polar surface area (TPSA) is 88.5 Å². The van der Waals surface area contributed by atoms with E-state index in [4.69, 9.17) is 5.10 Å². The molecule has 0 atom stereocenters. The summed E-state index contributed by atoms with van der Waals surface area (Å²) in [6.45, 7) is 6.65. The van der Waals surface area contributed by atoms with Crippen LogP contribution in [-0.4, -0.2) is 46.3 Å². The summed E-state index contributed by atoms with van der Waals surface area (Å²) in [7, 11) is 0. The molecule has 8 nitrogen and oxygen atoms in total. The number of carbonyl (C=O) groups excluding carboxylic acids is 2. The van der Waals surface area contributed by atoms with Gasteiger partial charge in [-0.15, -0.1) is 0 Å². The molecule has 1 aliphatic heterocycles. The van der Waals surface area contributed by atoms with Crippen molar-refractivity contribution in [2.24, 2.45) is 5.92 Å². The Morgan fingerprint density at radius 3 is 2.18 bits per heavy atom. The number of likely N-dealkylation sites (tertiary alicyclic amines) is 1. The summed E-state index contributed by atoms with van der Waals surface area (Å²) in [5.41, 5.74) is 4.98. The van der Waals surface area contributed by atoms with Gasteiger partial charge in [0.2, 0.25) is 0 Å². The summed E-state index contributed by atoms with van der Waals surface area (Å²) in [5, 5.41) is 10.7. The Hall–Kier alpha value is -4.73. The Kier molecular flexibility index (Phi) is 9.51. The standard InChI is InChI=1S/C35H39F2N5O3/c1-23-5-13-28(14-6-23)42-31(22-30(40-42)35(2,3)4)39-34(44)38-27-11-7-24(8-12-27)21-25-17-19-41(20-18-25)32(43)26-9-15-29(16-10-26)45-33(36)37/h5-16,22,25,33H,17-21H2,1-4H3,(H2,38,39,44). The van der Waals surface area contributed by atoms with Crippen molar-refractivity contribution >= 4 is 23.4 Å². The van der Waals surface area contributed by atoms with Crippen LogP contribution in [0.4, 0.5) is 25.1 Å². The fourth-order valence-corrected chi connectivity index (χ4v) is 5.36. The minimum atomic E-state index is -2.90. The number of benzene rings is 3. The number of aryl methyl sites for hydroxylation is 1. The molecule has 0 aliphatic carbocycles. The summed E-state index contributed by atoms with van der Waals surface area (Å²) in [6, 6.07) is 23.2. The molecule has 5 rings (SSSR count). The molecule has 2 N–H and O–H groups in total. The third-order valence-electron chi connectivity index (χ3n) is 7.96. The molecule has 1 aliphatic rings. The summed E-state index contributed by atoms with van der Waals surface area (Å²) in [4.78, 5) is 27.7. The first kappa shape index (κ1) is 31.7. The molecule has 10 heteroatoms. The lowest BCUT2D eigenvalue weighted by Gasteiger charge is -2.32. The van der Waals surface area contributed by atoms with Crippen LogP contribution in [0.2, 0.25) is 0 Å². The maximum absolute atomic E-state index is 13.0. The van der Waals surface area contributed by atoms with Gasteiger partial charge >= 0.3 is 12.6 Å². The highest BCUT2D eigenvalue weighted by atomic mass is 19.3. The van der Waals surface area contributed by atoms with Gasteiger partial charge in [-0.25, -0.2) is 9.48 Å². The number of nitrogens with one attached hydrogen (secondary N) is 2. The van der Waals surface area contributed by atoms with Crippen molar-refractivity contribution in [2.75, 3.05) is 23.7 Å². The Labute approximate surface area is 262 Å². The lowest BCUT2D eigenvalue weighted by molar-refractivity contribution is -0.0498. The van der Waals surface area contributed by atoms with E-state index in [2.05, 4.69) is 36.1 Å². The number of alkyl halides is 2. The highest BCUT2D eigenvalue weighted by Crippen LogP contribution is 2.27. The van der Waals surface area contributed by atoms with Gasteiger partial charge in [-0.3, -0.25) is 10.1 Å². The molecule has 2 heterocycles. The largest absolute Gasteiger partial charge is 0.435 e. The minimum absolute atomic E-state index is 0.0300. The molecule has 1 aromatic heterocycles. The molecule has 0 spiro atoms. The van der Waals surface area contributed by atoms with Crippen LogP contribution in [0.5, 0.6) is 5.75 Å². The van der Waals surface area contributed by atoms with E-state index in [1.165, 1.54) is 24.3 Å². The Balaban J connectivity index is 1.13. The number of amides is 3. The quantitative estimate of drug-likeness (QED) is 0.212. The van der Waals surface area contributed by atoms with Crippen molar-refractivity contribution in [1.82, 2.24) is 14.7 Å². The highest BCUT2D eigenvalue weighted by molar-refractivity contribution is 5.99. The number of aromatic nitrogens is 2. The second kappa shape index (κ2) is 13.5. The van der Waals surface area contributed by atoms with Crippen LogP contribution in [0, 0.1) is 12.8 Å². The van der Waals surface area contributed by atoms with Gasteiger partial charge in [0.1, 0.15) is 11.6 Å². The second-order valence-electron chi connectivity index (χ2n) is 12.5. The molecule has 236 valence electrons. The van der Waals surface area contributed by atoms with E-state index in [0.717, 1.165) is 41.8 Å². The van der Waals surface area contributed by atoms with E-state index in [9.17, 15) is 18.4 Å². The van der Waals surface area contributed by atoms with Gasteiger partial charge in [0.05, 0.1) is 11.4 Å². The van der Waals surface area contributed by atoms with Crippen LogP contribution >= 0.6 is 0 Å². The van der Waals surface area contributed by atoms with E-state index >= 15 is 0 Å². The van der Waals surface area contributed by atoms with E-state index in [0.29, 0.717) is 36.1 Å². The van der Waals surface area contributed by atoms with Crippen LogP contribution in [0.25, 0.3) is 5.69 Å². The van der Waals surface area contributed by atoms with Crippen LogP contribution < -0.4 is 15.4 Å². The van der Waals surface area contributed by atoms with Crippen LogP contribution in [-0.2, 0) is 11.8 Å². The number of carbonyl (C=O) groups is 2. The number of anilines is 2. The number of hydrogen-bond acceptors (Lipinski definition) is 4. The molecule has 0 unspecified atom stereocenters. The van der Waals surface area contributed by atoms with E-state index < -0.39 is 6.61 Å². The van der Waals surface area contributed by atoms with Gasteiger partial charge in [-0.05, 0) is 86.2 Å². The first-order valence-corrected chi connectivity index (χ1v) is 15.1. The van der Waals surface area contributed by atoms with E-state index in [-0.39, 0.29) is 23.1 Å². The molecule has 45 heavy (non-hydrogen) atoms. The fraction of sp³-hybridized carbons (Fsp3) is 0.343. The lowest BCUT2D eigenvalue weighted by atomic mass is 9.90. The molecule has 1 saturated heterocycles. The van der Waals surface area contributed by atoms with Crippen LogP contribution in [0.1, 0.15) is 60.8 Å². The average molecular weight is 616 g/mol. The zero-order valence-electron chi connectivity index (χ0n) is 26.0. The molecule has 3 aromatic carbocycles. The monoisotopic (exact) mass is 615 g/mol. The number of halogens is 2. The highest BCUT2D eigenvalue weighted by Gasteiger charge is 2.24. The third kappa shape index (κ3) is 8.26. The summed E-state index contributed by atoms with van der Waals surface area (Å²) in [5.74, 6) is 0.933. The van der Waals surface area contributed by atoms with Crippen molar-refractivity contribution in [3.63, 3.8) is 0 Å². The molecular formula is C35H39F2N5O3. The maximum atomic E-state index is 13.0. The number of ether oxygens (including phenoxy) is 1. The smallest absolute Gasteiger partial charge is 0.387 e. The summed E-state index contributed by atoms with van der Waals surface area (Å²) < 4.78 is 30.9. The molecule has 0 saturated carbocycles. The zero-order valence-corrected chi connectivity index (χ0v) is 26.0. The number of rotatable bonds is 8. The van der Waals surface area contributed by atoms with Gasteiger partial charge in [-0.1, -0.05) is 50.6 Å². The van der Waals surface area contributed by atoms with E-state index in [1.807, 2.05) is 61.5 Å². The Morgan fingerprint density at radius 2 is 1.58 bits per heavy atom. The van der Waals surface area contributed by atoms with Gasteiger partial charge in [0.15, 0.2) is 0 Å². The van der Waals surface area contributed by atoms with Crippen molar-refractivity contribution in [2.45, 2.75) is 59.0 Å². The van der Waals surface area contributed by atoms with Gasteiger partial charge in [0, 0.05) is 35.8 Å². The molecule has 3 amide bonds. The Bertz CT molecular complexity index is 1600. The maximum Gasteiger partial charge on any atom is 0.387 e. The number of hydrogen-bond donors (Lipinski definition) is 2.